The van der Waals surface area contributed by atoms with E-state index in [-0.39, 0.29) is 42.6 Å². The van der Waals surface area contributed by atoms with Gasteiger partial charge in [0.05, 0.1) is 26.4 Å². The topological polar surface area (TPSA) is 62.8 Å². The number of nitrogens with zero attached hydrogens (tertiary/aromatic N) is 1. The molecule has 1 unspecified atom stereocenters. The number of hydrogen-bond acceptors (Lipinski definition) is 5. The molecule has 2 aliphatic rings. The number of morpholine rings is 2. The Morgan fingerprint density at radius 3 is 2.64 bits per heavy atom. The van der Waals surface area contributed by atoms with E-state index in [0.717, 1.165) is 25.3 Å². The molecule has 1 amide bonds. The molecular weight excluding hydrogens is 372 g/mol. The molecule has 2 aliphatic heterocycles. The second kappa shape index (κ2) is 10.8. The number of anilines is 2. The summed E-state index contributed by atoms with van der Waals surface area (Å²) in [6, 6.07) is 4.64. The van der Waals surface area contributed by atoms with E-state index in [2.05, 4.69) is 15.5 Å². The summed E-state index contributed by atoms with van der Waals surface area (Å²) >= 11 is 0. The van der Waals surface area contributed by atoms with Gasteiger partial charge in [0, 0.05) is 43.5 Å². The average Bonchev–Trinajstić information content (AvgIpc) is 2.56. The molecule has 25 heavy (non-hydrogen) atoms. The highest BCUT2D eigenvalue weighted by molar-refractivity contribution is 5.91. The van der Waals surface area contributed by atoms with Crippen LogP contribution < -0.4 is 15.5 Å². The quantitative estimate of drug-likeness (QED) is 0.813. The molecule has 0 aliphatic carbocycles. The molecule has 9 heteroatoms. The van der Waals surface area contributed by atoms with Gasteiger partial charge in [0.2, 0.25) is 5.91 Å². The number of hydrogen-bond donors (Lipinski definition) is 2. The lowest BCUT2D eigenvalue weighted by molar-refractivity contribution is -0.117. The van der Waals surface area contributed by atoms with Crippen molar-refractivity contribution in [2.45, 2.75) is 12.5 Å². The second-order valence-corrected chi connectivity index (χ2v) is 5.78. The third-order valence-corrected chi connectivity index (χ3v) is 3.97. The Morgan fingerprint density at radius 2 is 1.96 bits per heavy atom. The number of amides is 1. The van der Waals surface area contributed by atoms with Gasteiger partial charge in [-0.1, -0.05) is 0 Å². The number of rotatable bonds is 4. The van der Waals surface area contributed by atoms with Crippen molar-refractivity contribution in [2.75, 3.05) is 56.3 Å². The molecule has 3 rings (SSSR count). The number of carbonyl (C=O) groups is 1. The molecule has 0 bridgehead atoms. The van der Waals surface area contributed by atoms with Crippen molar-refractivity contribution in [3.8, 4) is 0 Å². The van der Waals surface area contributed by atoms with E-state index in [1.165, 1.54) is 12.1 Å². The van der Waals surface area contributed by atoms with Gasteiger partial charge in [-0.25, -0.2) is 4.39 Å². The number of carbonyl (C=O) groups excluding carboxylic acids is 1. The van der Waals surface area contributed by atoms with Crippen LogP contribution in [0.3, 0.4) is 0 Å². The van der Waals surface area contributed by atoms with E-state index in [4.69, 9.17) is 9.47 Å². The number of halogens is 3. The zero-order valence-corrected chi connectivity index (χ0v) is 15.5. The lowest BCUT2D eigenvalue weighted by Crippen LogP contribution is -2.43. The molecule has 1 aromatic rings. The molecule has 0 aromatic heterocycles. The fourth-order valence-corrected chi connectivity index (χ4v) is 2.84. The van der Waals surface area contributed by atoms with E-state index >= 15 is 0 Å². The summed E-state index contributed by atoms with van der Waals surface area (Å²) in [5.41, 5.74) is 1.25. The Morgan fingerprint density at radius 1 is 1.20 bits per heavy atom. The summed E-state index contributed by atoms with van der Waals surface area (Å²) in [6.07, 6.45) is 0.309. The molecule has 2 heterocycles. The van der Waals surface area contributed by atoms with Crippen LogP contribution in [0.4, 0.5) is 15.8 Å². The lowest BCUT2D eigenvalue weighted by Gasteiger charge is -2.29. The Kier molecular flexibility index (Phi) is 9.45. The van der Waals surface area contributed by atoms with Crippen LogP contribution in [0.1, 0.15) is 6.42 Å². The molecule has 6 nitrogen and oxygen atoms in total. The lowest BCUT2D eigenvalue weighted by atomic mass is 10.2. The SMILES string of the molecule is Cl.Cl.O=C(CC1COCCN1)Nc1cc(F)cc(N2CCOCC2)c1. The van der Waals surface area contributed by atoms with Gasteiger partial charge in [-0.2, -0.15) is 0 Å². The van der Waals surface area contributed by atoms with Crippen molar-refractivity contribution in [1.29, 1.82) is 0 Å². The Bertz CT molecular complexity index is 553. The summed E-state index contributed by atoms with van der Waals surface area (Å²) in [6.45, 7) is 4.65. The number of benzene rings is 1. The largest absolute Gasteiger partial charge is 0.378 e. The minimum Gasteiger partial charge on any atom is -0.378 e. The normalized spacial score (nSPS) is 20.2. The molecule has 2 fully saturated rings. The van der Waals surface area contributed by atoms with E-state index in [1.807, 2.05) is 0 Å². The first kappa shape index (κ1) is 21.9. The zero-order valence-electron chi connectivity index (χ0n) is 13.8. The monoisotopic (exact) mass is 395 g/mol. The summed E-state index contributed by atoms with van der Waals surface area (Å²) in [7, 11) is 0. The van der Waals surface area contributed by atoms with Crippen molar-refractivity contribution in [2.24, 2.45) is 0 Å². The van der Waals surface area contributed by atoms with Gasteiger partial charge in [-0.05, 0) is 18.2 Å². The van der Waals surface area contributed by atoms with Gasteiger partial charge in [0.1, 0.15) is 5.82 Å². The molecular formula is C16H24Cl2FN3O3. The predicted octanol–water partition coefficient (Wildman–Crippen LogP) is 1.82. The summed E-state index contributed by atoms with van der Waals surface area (Å²) in [5.74, 6) is -0.505. The fraction of sp³-hybridized carbons (Fsp3) is 0.562. The molecule has 0 radical (unpaired) electrons. The Balaban J connectivity index is 0.00000156. The third kappa shape index (κ3) is 6.60. The standard InChI is InChI=1S/C16H22FN3O3.2ClH/c17-12-7-13(9-15(8-12)20-2-5-22-6-3-20)19-16(21)10-14-11-23-4-1-18-14;;/h7-9,14,18H,1-6,10-11H2,(H,19,21);2*1H. The molecule has 2 N–H and O–H groups in total. The highest BCUT2D eigenvalue weighted by Gasteiger charge is 2.18. The third-order valence-electron chi connectivity index (χ3n) is 3.97. The van der Waals surface area contributed by atoms with Crippen LogP contribution in [0.25, 0.3) is 0 Å². The smallest absolute Gasteiger partial charge is 0.226 e. The Hall–Kier alpha value is -1.12. The van der Waals surface area contributed by atoms with Crippen LogP contribution >= 0.6 is 24.8 Å². The Labute approximate surface area is 159 Å². The molecule has 1 aromatic carbocycles. The maximum Gasteiger partial charge on any atom is 0.226 e. The van der Waals surface area contributed by atoms with E-state index in [1.54, 1.807) is 6.07 Å². The van der Waals surface area contributed by atoms with Crippen LogP contribution in [0.2, 0.25) is 0 Å². The van der Waals surface area contributed by atoms with Crippen molar-refractivity contribution in [3.05, 3.63) is 24.0 Å². The first-order chi connectivity index (χ1) is 11.2. The highest BCUT2D eigenvalue weighted by atomic mass is 35.5. The number of ether oxygens (including phenoxy) is 2. The van der Waals surface area contributed by atoms with Crippen LogP contribution in [-0.4, -0.2) is 58.0 Å². The summed E-state index contributed by atoms with van der Waals surface area (Å²) < 4.78 is 24.5. The highest BCUT2D eigenvalue weighted by Crippen LogP contribution is 2.23. The van der Waals surface area contributed by atoms with Gasteiger partial charge in [0.15, 0.2) is 0 Å². The molecule has 142 valence electrons. The maximum absolute atomic E-state index is 13.9. The van der Waals surface area contributed by atoms with Gasteiger partial charge < -0.3 is 25.0 Å². The first-order valence-electron chi connectivity index (χ1n) is 7.95. The van der Waals surface area contributed by atoms with Crippen LogP contribution in [0, 0.1) is 5.82 Å². The van der Waals surface area contributed by atoms with Gasteiger partial charge in [0.25, 0.3) is 0 Å². The van der Waals surface area contributed by atoms with E-state index in [0.29, 0.717) is 38.5 Å². The van der Waals surface area contributed by atoms with Gasteiger partial charge in [-0.15, -0.1) is 24.8 Å². The second-order valence-electron chi connectivity index (χ2n) is 5.78. The van der Waals surface area contributed by atoms with Crippen molar-refractivity contribution < 1.29 is 18.7 Å². The van der Waals surface area contributed by atoms with E-state index in [9.17, 15) is 9.18 Å². The molecule has 0 saturated carbocycles. The predicted molar refractivity (Wildman–Crippen MR) is 99.8 cm³/mol. The van der Waals surface area contributed by atoms with Crippen molar-refractivity contribution >= 4 is 42.1 Å². The minimum absolute atomic E-state index is 0. The van der Waals surface area contributed by atoms with Crippen LogP contribution in [0.5, 0.6) is 0 Å². The number of nitrogens with one attached hydrogen (secondary N) is 2. The molecule has 0 spiro atoms. The van der Waals surface area contributed by atoms with E-state index < -0.39 is 0 Å². The molecule has 2 saturated heterocycles. The first-order valence-corrected chi connectivity index (χ1v) is 7.95. The van der Waals surface area contributed by atoms with Crippen LogP contribution in [0.15, 0.2) is 18.2 Å². The maximum atomic E-state index is 13.9. The summed E-state index contributed by atoms with van der Waals surface area (Å²) in [4.78, 5) is 14.2. The van der Waals surface area contributed by atoms with Crippen molar-refractivity contribution in [1.82, 2.24) is 5.32 Å². The fourth-order valence-electron chi connectivity index (χ4n) is 2.84. The molecule has 1 atom stereocenters. The van der Waals surface area contributed by atoms with Gasteiger partial charge >= 0.3 is 0 Å². The summed E-state index contributed by atoms with van der Waals surface area (Å²) in [5, 5.41) is 6.01. The van der Waals surface area contributed by atoms with Gasteiger partial charge in [-0.3, -0.25) is 4.79 Å². The average molecular weight is 396 g/mol. The van der Waals surface area contributed by atoms with Crippen LogP contribution in [-0.2, 0) is 14.3 Å². The van der Waals surface area contributed by atoms with Crippen molar-refractivity contribution in [3.63, 3.8) is 0 Å². The zero-order chi connectivity index (χ0) is 16.1. The minimum atomic E-state index is -0.358.